The SMILES string of the molecule is CC(CCO)CNC(=O)NC(C)C1CCCCC1. The van der Waals surface area contributed by atoms with Crippen LogP contribution in [-0.2, 0) is 0 Å². The lowest BCUT2D eigenvalue weighted by Crippen LogP contribution is -2.45. The van der Waals surface area contributed by atoms with Gasteiger partial charge in [0.2, 0.25) is 0 Å². The number of hydrogen-bond donors (Lipinski definition) is 3. The first kappa shape index (κ1) is 15.3. The highest BCUT2D eigenvalue weighted by molar-refractivity contribution is 5.74. The van der Waals surface area contributed by atoms with Gasteiger partial charge in [0.05, 0.1) is 0 Å². The van der Waals surface area contributed by atoms with Crippen molar-refractivity contribution in [2.45, 2.75) is 58.4 Å². The summed E-state index contributed by atoms with van der Waals surface area (Å²) < 4.78 is 0. The second-order valence-corrected chi connectivity index (χ2v) is 5.66. The van der Waals surface area contributed by atoms with Gasteiger partial charge in [-0.3, -0.25) is 0 Å². The molecule has 0 aliphatic heterocycles. The predicted octanol–water partition coefficient (Wildman–Crippen LogP) is 2.27. The maximum atomic E-state index is 11.7. The molecule has 4 nitrogen and oxygen atoms in total. The molecule has 0 aromatic heterocycles. The van der Waals surface area contributed by atoms with Crippen LogP contribution in [0, 0.1) is 11.8 Å². The summed E-state index contributed by atoms with van der Waals surface area (Å²) in [4.78, 5) is 11.7. The molecule has 1 aliphatic carbocycles. The smallest absolute Gasteiger partial charge is 0.315 e. The Kier molecular flexibility index (Phi) is 7.09. The summed E-state index contributed by atoms with van der Waals surface area (Å²) >= 11 is 0. The quantitative estimate of drug-likeness (QED) is 0.682. The first-order valence-corrected chi connectivity index (χ1v) is 7.28. The van der Waals surface area contributed by atoms with Crippen molar-refractivity contribution in [1.82, 2.24) is 10.6 Å². The number of aliphatic hydroxyl groups is 1. The van der Waals surface area contributed by atoms with E-state index >= 15 is 0 Å². The molecule has 1 fully saturated rings. The summed E-state index contributed by atoms with van der Waals surface area (Å²) in [5.41, 5.74) is 0. The van der Waals surface area contributed by atoms with Gasteiger partial charge in [0.15, 0.2) is 0 Å². The maximum absolute atomic E-state index is 11.7. The topological polar surface area (TPSA) is 61.4 Å². The molecule has 1 aliphatic rings. The van der Waals surface area contributed by atoms with E-state index in [1.54, 1.807) is 0 Å². The molecule has 0 heterocycles. The molecule has 0 radical (unpaired) electrons. The number of hydrogen-bond acceptors (Lipinski definition) is 2. The van der Waals surface area contributed by atoms with E-state index in [1.165, 1.54) is 32.1 Å². The van der Waals surface area contributed by atoms with Crippen LogP contribution in [0.5, 0.6) is 0 Å². The van der Waals surface area contributed by atoms with Gasteiger partial charge in [-0.1, -0.05) is 26.2 Å². The molecule has 0 spiro atoms. The van der Waals surface area contributed by atoms with E-state index in [0.717, 1.165) is 6.42 Å². The van der Waals surface area contributed by atoms with Gasteiger partial charge in [0.25, 0.3) is 0 Å². The molecule has 2 unspecified atom stereocenters. The number of carbonyl (C=O) groups is 1. The van der Waals surface area contributed by atoms with Gasteiger partial charge >= 0.3 is 6.03 Å². The average molecular weight is 256 g/mol. The van der Waals surface area contributed by atoms with E-state index in [2.05, 4.69) is 17.6 Å². The van der Waals surface area contributed by atoms with Crippen molar-refractivity contribution in [1.29, 1.82) is 0 Å². The van der Waals surface area contributed by atoms with Crippen molar-refractivity contribution < 1.29 is 9.90 Å². The molecule has 18 heavy (non-hydrogen) atoms. The lowest BCUT2D eigenvalue weighted by atomic mass is 9.85. The van der Waals surface area contributed by atoms with Crippen LogP contribution in [0.1, 0.15) is 52.4 Å². The first-order valence-electron chi connectivity index (χ1n) is 7.28. The van der Waals surface area contributed by atoms with E-state index in [4.69, 9.17) is 5.11 Å². The molecule has 0 bridgehead atoms. The summed E-state index contributed by atoms with van der Waals surface area (Å²) in [5, 5.41) is 14.7. The molecule has 0 saturated heterocycles. The zero-order chi connectivity index (χ0) is 13.4. The minimum Gasteiger partial charge on any atom is -0.396 e. The van der Waals surface area contributed by atoms with Crippen LogP contribution in [0.3, 0.4) is 0 Å². The van der Waals surface area contributed by atoms with Gasteiger partial charge in [-0.2, -0.15) is 0 Å². The minimum absolute atomic E-state index is 0.0714. The van der Waals surface area contributed by atoms with E-state index in [-0.39, 0.29) is 18.7 Å². The Labute approximate surface area is 111 Å². The minimum atomic E-state index is -0.0714. The molecule has 1 rings (SSSR count). The molecular weight excluding hydrogens is 228 g/mol. The zero-order valence-corrected chi connectivity index (χ0v) is 11.7. The van der Waals surface area contributed by atoms with Crippen molar-refractivity contribution in [2.24, 2.45) is 11.8 Å². The van der Waals surface area contributed by atoms with Gasteiger partial charge in [-0.05, 0) is 38.0 Å². The highest BCUT2D eigenvalue weighted by Crippen LogP contribution is 2.26. The third kappa shape index (κ3) is 5.71. The molecule has 2 atom stereocenters. The Bertz CT molecular complexity index is 240. The fourth-order valence-corrected chi connectivity index (χ4v) is 2.60. The van der Waals surface area contributed by atoms with Crippen molar-refractivity contribution >= 4 is 6.03 Å². The number of aliphatic hydroxyl groups excluding tert-OH is 1. The number of carbonyl (C=O) groups excluding carboxylic acids is 1. The lowest BCUT2D eigenvalue weighted by molar-refractivity contribution is 0.220. The van der Waals surface area contributed by atoms with E-state index < -0.39 is 0 Å². The normalized spacial score (nSPS) is 20.2. The molecule has 2 amide bonds. The maximum Gasteiger partial charge on any atom is 0.315 e. The third-order valence-electron chi connectivity index (χ3n) is 3.95. The second kappa shape index (κ2) is 8.35. The molecule has 0 aromatic rings. The van der Waals surface area contributed by atoms with Crippen molar-refractivity contribution in [3.8, 4) is 0 Å². The average Bonchev–Trinajstić information content (AvgIpc) is 2.38. The van der Waals surface area contributed by atoms with Crippen LogP contribution in [0.25, 0.3) is 0 Å². The summed E-state index contributed by atoms with van der Waals surface area (Å²) in [6.45, 7) is 4.94. The Morgan fingerprint density at radius 3 is 2.56 bits per heavy atom. The Morgan fingerprint density at radius 2 is 1.94 bits per heavy atom. The highest BCUT2D eigenvalue weighted by atomic mass is 16.3. The lowest BCUT2D eigenvalue weighted by Gasteiger charge is -2.28. The molecule has 106 valence electrons. The fraction of sp³-hybridized carbons (Fsp3) is 0.929. The van der Waals surface area contributed by atoms with Crippen LogP contribution < -0.4 is 10.6 Å². The molecular formula is C14H28N2O2. The Balaban J connectivity index is 2.18. The largest absolute Gasteiger partial charge is 0.396 e. The van der Waals surface area contributed by atoms with Gasteiger partial charge in [0.1, 0.15) is 0 Å². The van der Waals surface area contributed by atoms with Crippen LogP contribution in [0.15, 0.2) is 0 Å². The van der Waals surface area contributed by atoms with Gasteiger partial charge in [0, 0.05) is 19.2 Å². The Hall–Kier alpha value is -0.770. The van der Waals surface area contributed by atoms with Gasteiger partial charge in [-0.15, -0.1) is 0 Å². The first-order chi connectivity index (χ1) is 8.63. The van der Waals surface area contributed by atoms with Crippen LogP contribution in [0.2, 0.25) is 0 Å². The summed E-state index contributed by atoms with van der Waals surface area (Å²) in [6.07, 6.45) is 7.15. The van der Waals surface area contributed by atoms with E-state index in [0.29, 0.717) is 18.4 Å². The zero-order valence-electron chi connectivity index (χ0n) is 11.7. The third-order valence-corrected chi connectivity index (χ3v) is 3.95. The predicted molar refractivity (Wildman–Crippen MR) is 73.4 cm³/mol. The highest BCUT2D eigenvalue weighted by Gasteiger charge is 2.21. The molecule has 3 N–H and O–H groups in total. The van der Waals surface area contributed by atoms with Gasteiger partial charge < -0.3 is 15.7 Å². The Morgan fingerprint density at radius 1 is 1.28 bits per heavy atom. The second-order valence-electron chi connectivity index (χ2n) is 5.66. The number of urea groups is 1. The van der Waals surface area contributed by atoms with E-state index in [1.807, 2.05) is 6.92 Å². The van der Waals surface area contributed by atoms with Crippen LogP contribution in [0.4, 0.5) is 4.79 Å². The van der Waals surface area contributed by atoms with Gasteiger partial charge in [-0.25, -0.2) is 4.79 Å². The molecule has 1 saturated carbocycles. The number of rotatable bonds is 6. The van der Waals surface area contributed by atoms with Crippen molar-refractivity contribution in [2.75, 3.05) is 13.2 Å². The summed E-state index contributed by atoms with van der Waals surface area (Å²) in [5.74, 6) is 0.963. The number of amides is 2. The summed E-state index contributed by atoms with van der Waals surface area (Å²) in [7, 11) is 0. The van der Waals surface area contributed by atoms with Crippen LogP contribution in [-0.4, -0.2) is 30.3 Å². The van der Waals surface area contributed by atoms with Crippen molar-refractivity contribution in [3.63, 3.8) is 0 Å². The number of nitrogens with one attached hydrogen (secondary N) is 2. The van der Waals surface area contributed by atoms with E-state index in [9.17, 15) is 4.79 Å². The van der Waals surface area contributed by atoms with Crippen molar-refractivity contribution in [3.05, 3.63) is 0 Å². The molecule has 0 aromatic carbocycles. The summed E-state index contributed by atoms with van der Waals surface area (Å²) in [6, 6.07) is 0.191. The fourth-order valence-electron chi connectivity index (χ4n) is 2.60. The van der Waals surface area contributed by atoms with Crippen LogP contribution >= 0.6 is 0 Å². The molecule has 4 heteroatoms. The monoisotopic (exact) mass is 256 g/mol. The standard InChI is InChI=1S/C14H28N2O2/c1-11(8-9-17)10-15-14(18)16-12(2)13-6-4-3-5-7-13/h11-13,17H,3-10H2,1-2H3,(H2,15,16,18).